The Kier molecular flexibility index (Phi) is 5.06. The Morgan fingerprint density at radius 2 is 1.85 bits per heavy atom. The fraction of sp³-hybridized carbons (Fsp3) is 0.850. The van der Waals surface area contributed by atoms with Crippen molar-refractivity contribution in [3.8, 4) is 0 Å². The standard InChI is InChI=1S/C20H33N3O3/c1-14-10-19(2,3)13-20(11-14)17(25)23(18(26)21-20)12-16(24)22(4)15-8-6-5-7-9-15/h14-15H,5-13H2,1-4H3,(H,21,26)/t14-,20-/m1/s1. The molecule has 2 saturated carbocycles. The van der Waals surface area contributed by atoms with E-state index in [0.29, 0.717) is 18.8 Å². The second-order valence-corrected chi connectivity index (χ2v) is 9.55. The van der Waals surface area contributed by atoms with Crippen LogP contribution >= 0.6 is 0 Å². The molecule has 4 amide bonds. The minimum Gasteiger partial charge on any atom is -0.341 e. The Bertz CT molecular complexity index is 597. The zero-order valence-corrected chi connectivity index (χ0v) is 16.6. The zero-order chi connectivity index (χ0) is 19.1. The van der Waals surface area contributed by atoms with Crippen molar-refractivity contribution in [1.29, 1.82) is 0 Å². The number of urea groups is 1. The zero-order valence-electron chi connectivity index (χ0n) is 16.6. The van der Waals surface area contributed by atoms with Crippen LogP contribution in [0.15, 0.2) is 0 Å². The number of amides is 4. The Morgan fingerprint density at radius 3 is 2.46 bits per heavy atom. The lowest BCUT2D eigenvalue weighted by atomic mass is 9.64. The van der Waals surface area contributed by atoms with Gasteiger partial charge in [0.05, 0.1) is 0 Å². The number of carbonyl (C=O) groups is 3. The number of carbonyl (C=O) groups excluding carboxylic acids is 3. The predicted molar refractivity (Wildman–Crippen MR) is 99.4 cm³/mol. The van der Waals surface area contributed by atoms with E-state index in [1.54, 1.807) is 11.9 Å². The van der Waals surface area contributed by atoms with Gasteiger partial charge >= 0.3 is 6.03 Å². The fourth-order valence-electron chi connectivity index (χ4n) is 5.57. The number of hydrogen-bond donors (Lipinski definition) is 1. The summed E-state index contributed by atoms with van der Waals surface area (Å²) in [6, 6.07) is -0.176. The van der Waals surface area contributed by atoms with Gasteiger partial charge in [0.2, 0.25) is 5.91 Å². The molecule has 1 aliphatic heterocycles. The van der Waals surface area contributed by atoms with E-state index in [9.17, 15) is 14.4 Å². The van der Waals surface area contributed by atoms with Crippen LogP contribution in [0.25, 0.3) is 0 Å². The molecule has 6 nitrogen and oxygen atoms in total. The summed E-state index contributed by atoms with van der Waals surface area (Å²) in [6.07, 6.45) is 7.87. The van der Waals surface area contributed by atoms with Gasteiger partial charge in [0.25, 0.3) is 5.91 Å². The fourth-order valence-corrected chi connectivity index (χ4v) is 5.57. The van der Waals surface area contributed by atoms with Crippen molar-refractivity contribution in [3.63, 3.8) is 0 Å². The molecule has 146 valence electrons. The van der Waals surface area contributed by atoms with Gasteiger partial charge in [-0.1, -0.05) is 40.0 Å². The van der Waals surface area contributed by atoms with Gasteiger partial charge in [-0.2, -0.15) is 0 Å². The summed E-state index contributed by atoms with van der Waals surface area (Å²) >= 11 is 0. The number of imide groups is 1. The monoisotopic (exact) mass is 363 g/mol. The van der Waals surface area contributed by atoms with E-state index in [0.717, 1.165) is 37.0 Å². The summed E-state index contributed by atoms with van der Waals surface area (Å²) in [4.78, 5) is 41.3. The van der Waals surface area contributed by atoms with Crippen molar-refractivity contribution in [1.82, 2.24) is 15.1 Å². The lowest BCUT2D eigenvalue weighted by molar-refractivity contribution is -0.141. The minimum atomic E-state index is -0.831. The molecule has 1 heterocycles. The van der Waals surface area contributed by atoms with Crippen LogP contribution in [0.2, 0.25) is 0 Å². The van der Waals surface area contributed by atoms with E-state index in [1.807, 2.05) is 0 Å². The topological polar surface area (TPSA) is 69.7 Å². The number of nitrogens with zero attached hydrogens (tertiary/aromatic N) is 2. The average molecular weight is 364 g/mol. The van der Waals surface area contributed by atoms with E-state index in [2.05, 4.69) is 26.1 Å². The maximum atomic E-state index is 13.1. The summed E-state index contributed by atoms with van der Waals surface area (Å²) in [5, 5.41) is 2.95. The molecular weight excluding hydrogens is 330 g/mol. The molecule has 2 atom stereocenters. The molecule has 3 aliphatic rings. The van der Waals surface area contributed by atoms with Gasteiger partial charge < -0.3 is 10.2 Å². The molecule has 26 heavy (non-hydrogen) atoms. The smallest absolute Gasteiger partial charge is 0.325 e. The van der Waals surface area contributed by atoms with Crippen LogP contribution < -0.4 is 5.32 Å². The highest BCUT2D eigenvalue weighted by Gasteiger charge is 2.56. The number of nitrogens with one attached hydrogen (secondary N) is 1. The highest BCUT2D eigenvalue weighted by molar-refractivity contribution is 6.09. The normalized spacial score (nSPS) is 32.0. The first-order chi connectivity index (χ1) is 12.1. The summed E-state index contributed by atoms with van der Waals surface area (Å²) in [7, 11) is 1.80. The van der Waals surface area contributed by atoms with Crippen LogP contribution in [0.4, 0.5) is 4.79 Å². The second kappa shape index (κ2) is 6.86. The molecule has 0 aromatic carbocycles. The van der Waals surface area contributed by atoms with Gasteiger partial charge in [-0.05, 0) is 43.4 Å². The Balaban J connectivity index is 1.70. The summed E-state index contributed by atoms with van der Waals surface area (Å²) in [6.45, 7) is 6.28. The molecule has 1 spiro atoms. The van der Waals surface area contributed by atoms with E-state index < -0.39 is 11.6 Å². The summed E-state index contributed by atoms with van der Waals surface area (Å²) in [5.74, 6) is 0.0108. The molecule has 1 saturated heterocycles. The van der Waals surface area contributed by atoms with Crippen molar-refractivity contribution in [2.45, 2.75) is 83.7 Å². The largest absolute Gasteiger partial charge is 0.341 e. The molecule has 0 bridgehead atoms. The SMILES string of the molecule is C[C@@H]1CC(C)(C)C[C@@]2(C1)NC(=O)N(CC(=O)N(C)C1CCCCC1)C2=O. The number of hydrogen-bond acceptors (Lipinski definition) is 3. The van der Waals surface area contributed by atoms with Gasteiger partial charge in [0, 0.05) is 13.1 Å². The Hall–Kier alpha value is -1.59. The third-order valence-electron chi connectivity index (χ3n) is 6.43. The van der Waals surface area contributed by atoms with Crippen LogP contribution in [-0.2, 0) is 9.59 Å². The predicted octanol–water partition coefficient (Wildman–Crippen LogP) is 2.91. The molecule has 2 aliphatic carbocycles. The maximum Gasteiger partial charge on any atom is 0.325 e. The van der Waals surface area contributed by atoms with E-state index in [-0.39, 0.29) is 29.8 Å². The van der Waals surface area contributed by atoms with Crippen molar-refractivity contribution >= 4 is 17.8 Å². The third-order valence-corrected chi connectivity index (χ3v) is 6.43. The molecule has 0 radical (unpaired) electrons. The van der Waals surface area contributed by atoms with E-state index >= 15 is 0 Å². The van der Waals surface area contributed by atoms with Crippen LogP contribution in [0.1, 0.15) is 72.1 Å². The first-order valence-electron chi connectivity index (χ1n) is 10.0. The van der Waals surface area contributed by atoms with E-state index in [4.69, 9.17) is 0 Å². The van der Waals surface area contributed by atoms with Crippen LogP contribution in [0.5, 0.6) is 0 Å². The van der Waals surface area contributed by atoms with E-state index in [1.165, 1.54) is 6.42 Å². The third kappa shape index (κ3) is 3.60. The van der Waals surface area contributed by atoms with Crippen LogP contribution in [0, 0.1) is 11.3 Å². The van der Waals surface area contributed by atoms with Gasteiger partial charge in [-0.25, -0.2) is 4.79 Å². The molecule has 0 unspecified atom stereocenters. The summed E-state index contributed by atoms with van der Waals surface area (Å²) < 4.78 is 0. The first kappa shape index (κ1) is 19.2. The average Bonchev–Trinajstić information content (AvgIpc) is 2.76. The first-order valence-corrected chi connectivity index (χ1v) is 10.0. The lowest BCUT2D eigenvalue weighted by Gasteiger charge is -2.43. The maximum absolute atomic E-state index is 13.1. The van der Waals surface area contributed by atoms with Gasteiger partial charge in [0.15, 0.2) is 0 Å². The Morgan fingerprint density at radius 1 is 1.19 bits per heavy atom. The molecule has 3 rings (SSSR count). The molecule has 3 fully saturated rings. The molecule has 0 aromatic heterocycles. The quantitative estimate of drug-likeness (QED) is 0.784. The van der Waals surface area contributed by atoms with Crippen LogP contribution in [-0.4, -0.2) is 52.8 Å². The van der Waals surface area contributed by atoms with Gasteiger partial charge in [0.1, 0.15) is 12.1 Å². The van der Waals surface area contributed by atoms with Crippen molar-refractivity contribution in [2.75, 3.05) is 13.6 Å². The van der Waals surface area contributed by atoms with Gasteiger partial charge in [-0.15, -0.1) is 0 Å². The molecule has 0 aromatic rings. The lowest BCUT2D eigenvalue weighted by Crippen LogP contribution is -2.54. The molecule has 6 heteroatoms. The summed E-state index contributed by atoms with van der Waals surface area (Å²) in [5.41, 5.74) is -0.832. The number of rotatable bonds is 3. The van der Waals surface area contributed by atoms with Crippen molar-refractivity contribution in [2.24, 2.45) is 11.3 Å². The second-order valence-electron chi connectivity index (χ2n) is 9.55. The minimum absolute atomic E-state index is 0.000482. The molecular formula is C20H33N3O3. The van der Waals surface area contributed by atoms with Crippen molar-refractivity contribution < 1.29 is 14.4 Å². The van der Waals surface area contributed by atoms with Crippen LogP contribution in [0.3, 0.4) is 0 Å². The highest BCUT2D eigenvalue weighted by atomic mass is 16.2. The highest BCUT2D eigenvalue weighted by Crippen LogP contribution is 2.46. The molecule has 1 N–H and O–H groups in total. The van der Waals surface area contributed by atoms with Crippen molar-refractivity contribution in [3.05, 3.63) is 0 Å². The van der Waals surface area contributed by atoms with Gasteiger partial charge in [-0.3, -0.25) is 14.5 Å². The number of likely N-dealkylation sites (N-methyl/N-ethyl adjacent to an activating group) is 1. The Labute approximate surface area is 156 Å².